The first-order valence-corrected chi connectivity index (χ1v) is 10.3. The van der Waals surface area contributed by atoms with Gasteiger partial charge in [-0.15, -0.1) is 0 Å². The van der Waals surface area contributed by atoms with Gasteiger partial charge < -0.3 is 5.32 Å². The first-order chi connectivity index (χ1) is 14.3. The lowest BCUT2D eigenvalue weighted by molar-refractivity contribution is -0.130. The van der Waals surface area contributed by atoms with E-state index < -0.39 is 29.6 Å². The lowest BCUT2D eigenvalue weighted by Gasteiger charge is -2.24. The number of thiocarbonyl (C=S) groups is 1. The van der Waals surface area contributed by atoms with Gasteiger partial charge in [-0.1, -0.05) is 28.1 Å². The normalized spacial score (nSPS) is 16.0. The maximum Gasteiger partial charge on any atom is 0.269 e. The fraction of sp³-hybridized carbons (Fsp3) is 0.200. The third kappa shape index (κ3) is 4.65. The summed E-state index contributed by atoms with van der Waals surface area (Å²) in [5, 5.41) is 3.75. The van der Waals surface area contributed by atoms with Gasteiger partial charge in [0, 0.05) is 16.6 Å². The molecule has 0 aliphatic carbocycles. The predicted molar refractivity (Wildman–Crippen MR) is 117 cm³/mol. The van der Waals surface area contributed by atoms with Crippen LogP contribution in [0.4, 0.5) is 10.1 Å². The van der Waals surface area contributed by atoms with E-state index in [0.29, 0.717) is 5.56 Å². The van der Waals surface area contributed by atoms with Crippen molar-refractivity contribution in [3.8, 4) is 0 Å². The van der Waals surface area contributed by atoms with Crippen LogP contribution in [-0.4, -0.2) is 45.3 Å². The van der Waals surface area contributed by atoms with E-state index in [1.165, 1.54) is 28.1 Å². The Morgan fingerprint density at radius 3 is 2.47 bits per heavy atom. The van der Waals surface area contributed by atoms with Crippen LogP contribution in [0.1, 0.15) is 23.7 Å². The second kappa shape index (κ2) is 9.31. The van der Waals surface area contributed by atoms with E-state index in [9.17, 15) is 18.8 Å². The third-order valence-electron chi connectivity index (χ3n) is 4.47. The average Bonchev–Trinajstić information content (AvgIpc) is 2.93. The molecular weight excluding hydrogens is 475 g/mol. The largest absolute Gasteiger partial charge is 0.324 e. The van der Waals surface area contributed by atoms with Gasteiger partial charge in [0.2, 0.25) is 5.91 Å². The molecule has 0 bridgehead atoms. The van der Waals surface area contributed by atoms with Gasteiger partial charge in [-0.2, -0.15) is 0 Å². The number of carbonyl (C=O) groups excluding carboxylic acids is 3. The maximum atomic E-state index is 13.8. The monoisotopic (exact) mass is 492 g/mol. The number of carbonyl (C=O) groups is 3. The number of hydrogen-bond acceptors (Lipinski definition) is 4. The Labute approximate surface area is 186 Å². The van der Waals surface area contributed by atoms with Gasteiger partial charge in [0.15, 0.2) is 5.11 Å². The van der Waals surface area contributed by atoms with Gasteiger partial charge in [0.1, 0.15) is 11.9 Å². The summed E-state index contributed by atoms with van der Waals surface area (Å²) < 4.78 is 14.6. The molecule has 1 fully saturated rings. The van der Waals surface area contributed by atoms with Crippen LogP contribution in [0, 0.1) is 5.82 Å². The number of nitrogens with zero attached hydrogens (tertiary/aromatic N) is 2. The number of likely N-dealkylation sites (N-methyl/N-ethyl adjacent to an activating group) is 1. The van der Waals surface area contributed by atoms with Crippen molar-refractivity contribution in [3.63, 3.8) is 0 Å². The Morgan fingerprint density at radius 1 is 1.17 bits per heavy atom. The molecule has 1 heterocycles. The van der Waals surface area contributed by atoms with Gasteiger partial charge in [-0.25, -0.2) is 9.40 Å². The van der Waals surface area contributed by atoms with E-state index in [4.69, 9.17) is 12.2 Å². The summed E-state index contributed by atoms with van der Waals surface area (Å²) in [6.45, 7) is 2.02. The number of para-hydroxylation sites is 1. The molecule has 7 nitrogen and oxygen atoms in total. The van der Waals surface area contributed by atoms with E-state index in [2.05, 4.69) is 26.7 Å². The smallest absolute Gasteiger partial charge is 0.269 e. The first kappa shape index (κ1) is 21.8. The van der Waals surface area contributed by atoms with Crippen LogP contribution >= 0.6 is 28.1 Å². The molecule has 0 unspecified atom stereocenters. The Hall–Kier alpha value is -2.85. The zero-order chi connectivity index (χ0) is 21.8. The van der Waals surface area contributed by atoms with E-state index >= 15 is 0 Å². The number of rotatable bonds is 6. The molecule has 1 aliphatic rings. The number of anilines is 1. The molecule has 0 spiro atoms. The van der Waals surface area contributed by atoms with Crippen LogP contribution in [0.5, 0.6) is 0 Å². The lowest BCUT2D eigenvalue weighted by Crippen LogP contribution is -2.49. The summed E-state index contributed by atoms with van der Waals surface area (Å²) in [6.07, 6.45) is -0.315. The number of benzene rings is 2. The van der Waals surface area contributed by atoms with Crippen LogP contribution in [-0.2, 0) is 9.59 Å². The standard InChI is InChI=1S/C20H18BrFN4O3S/c1-2-25-19(29)16(11-17(27)23-15-6-4-3-5-14(15)22)26(20(25)30)24-18(28)12-7-9-13(21)10-8-12/h3-10,16H,2,11H2,1H3,(H,23,27)(H,24,28)/t16-/m0/s1. The van der Waals surface area contributed by atoms with E-state index in [0.717, 1.165) is 4.47 Å². The summed E-state index contributed by atoms with van der Waals surface area (Å²) in [4.78, 5) is 39.2. The van der Waals surface area contributed by atoms with E-state index in [1.807, 2.05) is 0 Å². The highest BCUT2D eigenvalue weighted by molar-refractivity contribution is 9.10. The molecule has 2 aromatic carbocycles. The Morgan fingerprint density at radius 2 is 1.83 bits per heavy atom. The topological polar surface area (TPSA) is 81.8 Å². The van der Waals surface area contributed by atoms with Crippen molar-refractivity contribution in [2.45, 2.75) is 19.4 Å². The molecule has 0 aromatic heterocycles. The molecule has 30 heavy (non-hydrogen) atoms. The molecule has 0 radical (unpaired) electrons. The molecule has 156 valence electrons. The number of hydrogen-bond donors (Lipinski definition) is 2. The van der Waals surface area contributed by atoms with Gasteiger partial charge in [-0.05, 0) is 55.5 Å². The number of nitrogens with one attached hydrogen (secondary N) is 2. The second-order valence-corrected chi connectivity index (χ2v) is 7.71. The number of hydrazine groups is 1. The van der Waals surface area contributed by atoms with Crippen LogP contribution in [0.2, 0.25) is 0 Å². The Balaban J connectivity index is 1.77. The molecule has 1 saturated heterocycles. The predicted octanol–water partition coefficient (Wildman–Crippen LogP) is 3.08. The van der Waals surface area contributed by atoms with Gasteiger partial charge >= 0.3 is 0 Å². The summed E-state index contributed by atoms with van der Waals surface area (Å²) in [7, 11) is 0. The highest BCUT2D eigenvalue weighted by atomic mass is 79.9. The number of halogens is 2. The van der Waals surface area contributed by atoms with Crippen LogP contribution in [0.3, 0.4) is 0 Å². The summed E-state index contributed by atoms with van der Waals surface area (Å²) in [5.41, 5.74) is 2.98. The third-order valence-corrected chi connectivity index (χ3v) is 5.42. The van der Waals surface area contributed by atoms with Gasteiger partial charge in [-0.3, -0.25) is 24.7 Å². The van der Waals surface area contributed by atoms with Gasteiger partial charge in [0.25, 0.3) is 11.8 Å². The molecule has 1 aliphatic heterocycles. The van der Waals surface area contributed by atoms with Crippen molar-refractivity contribution >= 4 is 56.7 Å². The van der Waals surface area contributed by atoms with Crippen molar-refractivity contribution in [3.05, 3.63) is 64.4 Å². The summed E-state index contributed by atoms with van der Waals surface area (Å²) >= 11 is 8.63. The minimum Gasteiger partial charge on any atom is -0.324 e. The fourth-order valence-electron chi connectivity index (χ4n) is 2.96. The van der Waals surface area contributed by atoms with Crippen molar-refractivity contribution in [2.24, 2.45) is 0 Å². The van der Waals surface area contributed by atoms with Gasteiger partial charge in [0.05, 0.1) is 12.1 Å². The van der Waals surface area contributed by atoms with E-state index in [-0.39, 0.29) is 23.8 Å². The maximum absolute atomic E-state index is 13.8. The second-order valence-electron chi connectivity index (χ2n) is 6.43. The SMILES string of the molecule is CCN1C(=O)[C@H](CC(=O)Nc2ccccc2F)N(NC(=O)c2ccc(Br)cc2)C1=S. The molecule has 10 heteroatoms. The van der Waals surface area contributed by atoms with E-state index in [1.54, 1.807) is 37.3 Å². The quantitative estimate of drug-likeness (QED) is 0.605. The van der Waals surface area contributed by atoms with Crippen LogP contribution < -0.4 is 10.7 Å². The Kier molecular flexibility index (Phi) is 6.78. The average molecular weight is 493 g/mol. The highest BCUT2D eigenvalue weighted by Crippen LogP contribution is 2.21. The zero-order valence-corrected chi connectivity index (χ0v) is 18.3. The minimum atomic E-state index is -1.04. The zero-order valence-electron chi connectivity index (χ0n) is 15.9. The van der Waals surface area contributed by atoms with Crippen molar-refractivity contribution in [1.82, 2.24) is 15.3 Å². The van der Waals surface area contributed by atoms with Crippen LogP contribution in [0.15, 0.2) is 53.0 Å². The van der Waals surface area contributed by atoms with Crippen molar-refractivity contribution in [1.29, 1.82) is 0 Å². The first-order valence-electron chi connectivity index (χ1n) is 9.07. The molecule has 1 atom stereocenters. The Bertz CT molecular complexity index is 1000. The highest BCUT2D eigenvalue weighted by Gasteiger charge is 2.43. The number of amides is 3. The summed E-state index contributed by atoms with van der Waals surface area (Å²) in [6, 6.07) is 11.3. The van der Waals surface area contributed by atoms with Crippen molar-refractivity contribution in [2.75, 3.05) is 11.9 Å². The summed E-state index contributed by atoms with van der Waals surface area (Å²) in [5.74, 6) is -2.06. The van der Waals surface area contributed by atoms with Crippen molar-refractivity contribution < 1.29 is 18.8 Å². The lowest BCUT2D eigenvalue weighted by atomic mass is 10.1. The molecule has 3 amide bonds. The molecule has 2 aromatic rings. The van der Waals surface area contributed by atoms with Crippen LogP contribution in [0.25, 0.3) is 0 Å². The fourth-order valence-corrected chi connectivity index (χ4v) is 3.61. The molecule has 0 saturated carbocycles. The molecule has 2 N–H and O–H groups in total. The molecule has 3 rings (SSSR count). The molecular formula is C20H18BrFN4O3S. The minimum absolute atomic E-state index is 0.00770.